The van der Waals surface area contributed by atoms with Crippen LogP contribution < -0.4 is 0 Å². The van der Waals surface area contributed by atoms with Crippen LogP contribution in [0.15, 0.2) is 47.2 Å². The maximum Gasteiger partial charge on any atom is 0.255 e. The van der Waals surface area contributed by atoms with E-state index in [4.69, 9.17) is 4.74 Å². The van der Waals surface area contributed by atoms with E-state index < -0.39 is 0 Å². The number of hydrogen-bond donors (Lipinski definition) is 1. The number of thiophene rings is 1. The highest BCUT2D eigenvalue weighted by Crippen LogP contribution is 2.33. The van der Waals surface area contributed by atoms with Crippen molar-refractivity contribution >= 4 is 17.2 Å². The lowest BCUT2D eigenvalue weighted by Gasteiger charge is -2.21. The number of rotatable bonds is 5. The SMILES string of the molecule is Cc1nc([C@@H]2C[C@H](OCc3ccccc3)CN2C(=O)c2ccsc2)n[nH]1. The van der Waals surface area contributed by atoms with E-state index in [0.29, 0.717) is 31.0 Å². The van der Waals surface area contributed by atoms with Gasteiger partial charge >= 0.3 is 0 Å². The Morgan fingerprint density at radius 2 is 2.19 bits per heavy atom. The third kappa shape index (κ3) is 3.54. The molecule has 7 heteroatoms. The molecule has 4 rings (SSSR count). The van der Waals surface area contributed by atoms with Crippen LogP contribution >= 0.6 is 11.3 Å². The molecule has 0 radical (unpaired) electrons. The number of aryl methyl sites for hydroxylation is 1. The highest BCUT2D eigenvalue weighted by atomic mass is 32.1. The van der Waals surface area contributed by atoms with E-state index in [-0.39, 0.29) is 18.1 Å². The maximum absolute atomic E-state index is 12.9. The number of carbonyl (C=O) groups is 1. The summed E-state index contributed by atoms with van der Waals surface area (Å²) in [5.74, 6) is 1.40. The number of aromatic nitrogens is 3. The van der Waals surface area contributed by atoms with Crippen molar-refractivity contribution in [2.75, 3.05) is 6.54 Å². The van der Waals surface area contributed by atoms with Gasteiger partial charge in [-0.3, -0.25) is 9.89 Å². The van der Waals surface area contributed by atoms with Crippen molar-refractivity contribution in [3.63, 3.8) is 0 Å². The van der Waals surface area contributed by atoms with E-state index in [1.165, 1.54) is 11.3 Å². The molecule has 1 N–H and O–H groups in total. The fraction of sp³-hybridized carbons (Fsp3) is 0.316. The second kappa shape index (κ2) is 7.39. The molecule has 1 aliphatic heterocycles. The molecule has 1 amide bonds. The smallest absolute Gasteiger partial charge is 0.255 e. The van der Waals surface area contributed by atoms with Crippen LogP contribution in [0.1, 0.15) is 40.0 Å². The third-order valence-corrected chi connectivity index (χ3v) is 5.22. The summed E-state index contributed by atoms with van der Waals surface area (Å²) in [7, 11) is 0. The fourth-order valence-electron chi connectivity index (χ4n) is 3.24. The standard InChI is InChI=1S/C19H20N4O2S/c1-13-20-18(22-21-13)17-9-16(25-11-14-5-3-2-4-6-14)10-23(17)19(24)15-7-8-26-12-15/h2-8,12,16-17H,9-11H2,1H3,(H,20,21,22)/t16-,17-/m0/s1. The summed E-state index contributed by atoms with van der Waals surface area (Å²) in [4.78, 5) is 19.2. The molecule has 1 fully saturated rings. The zero-order valence-corrected chi connectivity index (χ0v) is 15.3. The average molecular weight is 368 g/mol. The molecule has 26 heavy (non-hydrogen) atoms. The number of ether oxygens (including phenoxy) is 1. The van der Waals surface area contributed by atoms with E-state index in [2.05, 4.69) is 15.2 Å². The van der Waals surface area contributed by atoms with Crippen molar-refractivity contribution < 1.29 is 9.53 Å². The molecule has 134 valence electrons. The van der Waals surface area contributed by atoms with Crippen molar-refractivity contribution in [1.29, 1.82) is 0 Å². The number of nitrogens with zero attached hydrogens (tertiary/aromatic N) is 3. The molecule has 1 aliphatic rings. The van der Waals surface area contributed by atoms with Crippen LogP contribution in [0.25, 0.3) is 0 Å². The van der Waals surface area contributed by atoms with E-state index >= 15 is 0 Å². The van der Waals surface area contributed by atoms with Gasteiger partial charge in [-0.15, -0.1) is 0 Å². The Kier molecular flexibility index (Phi) is 4.81. The minimum absolute atomic E-state index is 0.00418. The number of aromatic amines is 1. The van der Waals surface area contributed by atoms with Gasteiger partial charge in [-0.2, -0.15) is 16.4 Å². The molecule has 0 spiro atoms. The van der Waals surface area contributed by atoms with Gasteiger partial charge in [0.1, 0.15) is 5.82 Å². The van der Waals surface area contributed by atoms with E-state index in [1.807, 2.05) is 59.0 Å². The first-order valence-electron chi connectivity index (χ1n) is 8.58. The summed E-state index contributed by atoms with van der Waals surface area (Å²) >= 11 is 1.52. The van der Waals surface area contributed by atoms with Crippen LogP contribution in [-0.2, 0) is 11.3 Å². The van der Waals surface area contributed by atoms with Gasteiger partial charge < -0.3 is 9.64 Å². The zero-order chi connectivity index (χ0) is 17.9. The Hall–Kier alpha value is -2.51. The van der Waals surface area contributed by atoms with Crippen molar-refractivity contribution in [2.24, 2.45) is 0 Å². The molecule has 3 heterocycles. The third-order valence-electron chi connectivity index (χ3n) is 4.53. The predicted molar refractivity (Wildman–Crippen MR) is 98.9 cm³/mol. The number of H-pyrrole nitrogens is 1. The number of likely N-dealkylation sites (tertiary alicyclic amines) is 1. The molecule has 2 aromatic heterocycles. The lowest BCUT2D eigenvalue weighted by molar-refractivity contribution is 0.0437. The first kappa shape index (κ1) is 16.9. The Morgan fingerprint density at radius 1 is 1.35 bits per heavy atom. The van der Waals surface area contributed by atoms with Gasteiger partial charge in [-0.05, 0) is 23.9 Å². The maximum atomic E-state index is 12.9. The Labute approximate surface area is 155 Å². The van der Waals surface area contributed by atoms with Crippen LogP contribution in [-0.4, -0.2) is 38.6 Å². The lowest BCUT2D eigenvalue weighted by Crippen LogP contribution is -2.32. The van der Waals surface area contributed by atoms with Crippen molar-refractivity contribution in [3.05, 3.63) is 69.9 Å². The molecular formula is C19H20N4O2S. The number of nitrogens with one attached hydrogen (secondary N) is 1. The van der Waals surface area contributed by atoms with Gasteiger partial charge in [0.2, 0.25) is 0 Å². The summed E-state index contributed by atoms with van der Waals surface area (Å²) in [5, 5.41) is 10.9. The molecule has 6 nitrogen and oxygen atoms in total. The normalized spacial score (nSPS) is 19.8. The van der Waals surface area contributed by atoms with Gasteiger partial charge in [0.05, 0.1) is 24.3 Å². The highest BCUT2D eigenvalue weighted by molar-refractivity contribution is 7.08. The molecule has 2 atom stereocenters. The summed E-state index contributed by atoms with van der Waals surface area (Å²) in [5.41, 5.74) is 1.83. The predicted octanol–water partition coefficient (Wildman–Crippen LogP) is 3.35. The van der Waals surface area contributed by atoms with Crippen LogP contribution in [0.5, 0.6) is 0 Å². The molecule has 1 aromatic carbocycles. The highest BCUT2D eigenvalue weighted by Gasteiger charge is 2.39. The Morgan fingerprint density at radius 3 is 2.88 bits per heavy atom. The fourth-order valence-corrected chi connectivity index (χ4v) is 3.87. The second-order valence-corrected chi connectivity index (χ2v) is 7.20. The molecular weight excluding hydrogens is 348 g/mol. The summed E-state index contributed by atoms with van der Waals surface area (Å²) in [6, 6.07) is 11.7. The zero-order valence-electron chi connectivity index (χ0n) is 14.5. The average Bonchev–Trinajstić information content (AvgIpc) is 3.40. The van der Waals surface area contributed by atoms with Crippen LogP contribution in [0, 0.1) is 6.92 Å². The first-order chi connectivity index (χ1) is 12.7. The quantitative estimate of drug-likeness (QED) is 0.750. The number of amides is 1. The minimum Gasteiger partial charge on any atom is -0.372 e. The van der Waals surface area contributed by atoms with Crippen LogP contribution in [0.3, 0.4) is 0 Å². The lowest BCUT2D eigenvalue weighted by atomic mass is 10.1. The van der Waals surface area contributed by atoms with E-state index in [1.54, 1.807) is 0 Å². The number of carbonyl (C=O) groups excluding carboxylic acids is 1. The summed E-state index contributed by atoms with van der Waals surface area (Å²) < 4.78 is 6.09. The van der Waals surface area contributed by atoms with Crippen molar-refractivity contribution in [1.82, 2.24) is 20.1 Å². The van der Waals surface area contributed by atoms with Gasteiger partial charge in [0.15, 0.2) is 5.82 Å². The Bertz CT molecular complexity index is 863. The number of hydrogen-bond acceptors (Lipinski definition) is 5. The van der Waals surface area contributed by atoms with Crippen LogP contribution in [0.2, 0.25) is 0 Å². The Balaban J connectivity index is 1.51. The van der Waals surface area contributed by atoms with Crippen molar-refractivity contribution in [3.8, 4) is 0 Å². The molecule has 3 aromatic rings. The van der Waals surface area contributed by atoms with Crippen molar-refractivity contribution in [2.45, 2.75) is 32.1 Å². The summed E-state index contributed by atoms with van der Waals surface area (Å²) in [6.07, 6.45) is 0.654. The molecule has 1 saturated heterocycles. The minimum atomic E-state index is -0.173. The molecule has 0 bridgehead atoms. The van der Waals surface area contributed by atoms with E-state index in [9.17, 15) is 4.79 Å². The van der Waals surface area contributed by atoms with E-state index in [0.717, 1.165) is 11.4 Å². The van der Waals surface area contributed by atoms with Gasteiger partial charge in [0.25, 0.3) is 5.91 Å². The summed E-state index contributed by atoms with van der Waals surface area (Å²) in [6.45, 7) is 2.94. The monoisotopic (exact) mass is 368 g/mol. The molecule has 0 saturated carbocycles. The largest absolute Gasteiger partial charge is 0.372 e. The second-order valence-electron chi connectivity index (χ2n) is 6.42. The van der Waals surface area contributed by atoms with Gasteiger partial charge in [0, 0.05) is 18.3 Å². The van der Waals surface area contributed by atoms with Gasteiger partial charge in [-0.1, -0.05) is 30.3 Å². The topological polar surface area (TPSA) is 71.1 Å². The first-order valence-corrected chi connectivity index (χ1v) is 9.52. The molecule has 0 unspecified atom stereocenters. The van der Waals surface area contributed by atoms with Crippen LogP contribution in [0.4, 0.5) is 0 Å². The molecule has 0 aliphatic carbocycles. The van der Waals surface area contributed by atoms with Gasteiger partial charge in [-0.25, -0.2) is 4.98 Å². The number of benzene rings is 1.